The molecule has 0 radical (unpaired) electrons. The van der Waals surface area contributed by atoms with Gasteiger partial charge in [-0.1, -0.05) is 6.07 Å². The van der Waals surface area contributed by atoms with E-state index in [2.05, 4.69) is 15.4 Å². The van der Waals surface area contributed by atoms with E-state index in [-0.39, 0.29) is 5.91 Å². The Kier molecular flexibility index (Phi) is 4.77. The predicted molar refractivity (Wildman–Crippen MR) is 102 cm³/mol. The van der Waals surface area contributed by atoms with Crippen LogP contribution in [-0.2, 0) is 11.8 Å². The van der Waals surface area contributed by atoms with Crippen LogP contribution in [0.5, 0.6) is 5.88 Å². The Morgan fingerprint density at radius 1 is 1.41 bits per heavy atom. The third kappa shape index (κ3) is 3.64. The molecule has 2 aromatic heterocycles. The highest BCUT2D eigenvalue weighted by atomic mass is 16.5. The van der Waals surface area contributed by atoms with Crippen LogP contribution in [0.2, 0.25) is 0 Å². The third-order valence-corrected chi connectivity index (χ3v) is 4.78. The quantitative estimate of drug-likeness (QED) is 0.751. The minimum atomic E-state index is -0.229. The van der Waals surface area contributed by atoms with Crippen LogP contribution in [0.15, 0.2) is 36.5 Å². The van der Waals surface area contributed by atoms with E-state index in [1.165, 1.54) is 0 Å². The summed E-state index contributed by atoms with van der Waals surface area (Å²) in [5.74, 6) is 0.799. The Bertz CT molecular complexity index is 977. The lowest BCUT2D eigenvalue weighted by atomic mass is 10.1. The number of nitrogens with one attached hydrogen (secondary N) is 1. The van der Waals surface area contributed by atoms with E-state index >= 15 is 0 Å². The smallest absolute Gasteiger partial charge is 0.274 e. The van der Waals surface area contributed by atoms with Crippen molar-refractivity contribution in [3.05, 3.63) is 47.8 Å². The molecule has 1 aliphatic rings. The minimum absolute atomic E-state index is 0.229. The molecule has 1 N–H and O–H groups in total. The molecule has 3 aromatic rings. The Morgan fingerprint density at radius 3 is 3.07 bits per heavy atom. The zero-order chi connectivity index (χ0) is 18.8. The highest BCUT2D eigenvalue weighted by molar-refractivity contribution is 6.04. The first-order chi connectivity index (χ1) is 13.1. The fourth-order valence-electron chi connectivity index (χ4n) is 3.23. The Morgan fingerprint density at radius 2 is 2.30 bits per heavy atom. The number of amides is 1. The number of nitrogens with zero attached hydrogens (tertiary/aromatic N) is 3. The highest BCUT2D eigenvalue weighted by Crippen LogP contribution is 2.28. The number of carbonyl (C=O) groups excluding carboxylic acids is 1. The van der Waals surface area contributed by atoms with Crippen molar-refractivity contribution >= 4 is 22.5 Å². The standard InChI is InChI=1S/C20H22N4O3/c1-13-4-3-8-21-18(13)19(25)22-15-5-6-16-17(10-15)24(2)23-20(16)27-12-14-7-9-26-11-14/h3-6,8,10,14H,7,9,11-12H2,1-2H3,(H,22,25)/t14-/m0/s1. The van der Waals surface area contributed by atoms with Crippen LogP contribution in [0.3, 0.4) is 0 Å². The second kappa shape index (κ2) is 7.36. The molecule has 3 heterocycles. The normalized spacial score (nSPS) is 16.6. The number of ether oxygens (including phenoxy) is 2. The van der Waals surface area contributed by atoms with E-state index in [1.807, 2.05) is 44.3 Å². The second-order valence-electron chi connectivity index (χ2n) is 6.82. The molecular weight excluding hydrogens is 344 g/mol. The number of aryl methyl sites for hydroxylation is 2. The van der Waals surface area contributed by atoms with Gasteiger partial charge in [-0.2, -0.15) is 0 Å². The zero-order valence-corrected chi connectivity index (χ0v) is 15.4. The van der Waals surface area contributed by atoms with Crippen LogP contribution in [0.25, 0.3) is 10.9 Å². The Labute approximate surface area is 157 Å². The molecule has 1 aromatic carbocycles. The largest absolute Gasteiger partial charge is 0.476 e. The second-order valence-corrected chi connectivity index (χ2v) is 6.82. The number of anilines is 1. The molecule has 1 atom stereocenters. The molecule has 0 spiro atoms. The SMILES string of the molecule is Cc1cccnc1C(=O)Nc1ccc2c(OC[C@H]3CCOC3)nn(C)c2c1. The van der Waals surface area contributed by atoms with Crippen LogP contribution in [0.4, 0.5) is 5.69 Å². The van der Waals surface area contributed by atoms with E-state index in [0.717, 1.165) is 36.1 Å². The molecule has 140 valence electrons. The van der Waals surface area contributed by atoms with E-state index in [4.69, 9.17) is 9.47 Å². The van der Waals surface area contributed by atoms with Crippen molar-refractivity contribution in [1.82, 2.24) is 14.8 Å². The molecule has 1 amide bonds. The van der Waals surface area contributed by atoms with Gasteiger partial charge in [-0.15, -0.1) is 5.10 Å². The summed E-state index contributed by atoms with van der Waals surface area (Å²) < 4.78 is 13.1. The van der Waals surface area contributed by atoms with Crippen molar-refractivity contribution in [2.75, 3.05) is 25.1 Å². The van der Waals surface area contributed by atoms with Crippen LogP contribution in [0, 0.1) is 12.8 Å². The molecular formula is C20H22N4O3. The van der Waals surface area contributed by atoms with Crippen LogP contribution >= 0.6 is 0 Å². The van der Waals surface area contributed by atoms with Crippen LogP contribution < -0.4 is 10.1 Å². The van der Waals surface area contributed by atoms with Gasteiger partial charge in [0.25, 0.3) is 5.91 Å². The van der Waals surface area contributed by atoms with E-state index in [9.17, 15) is 4.79 Å². The summed E-state index contributed by atoms with van der Waals surface area (Å²) in [6.07, 6.45) is 2.64. The summed E-state index contributed by atoms with van der Waals surface area (Å²) in [5.41, 5.74) is 2.84. The summed E-state index contributed by atoms with van der Waals surface area (Å²) in [7, 11) is 1.86. The maximum Gasteiger partial charge on any atom is 0.274 e. The Balaban J connectivity index is 1.53. The number of pyridine rings is 1. The molecule has 7 heteroatoms. The van der Waals surface area contributed by atoms with Gasteiger partial charge in [-0.3, -0.25) is 14.5 Å². The van der Waals surface area contributed by atoms with Crippen molar-refractivity contribution in [3.8, 4) is 5.88 Å². The molecule has 1 aliphatic heterocycles. The molecule has 1 fully saturated rings. The molecule has 27 heavy (non-hydrogen) atoms. The summed E-state index contributed by atoms with van der Waals surface area (Å²) in [6, 6.07) is 9.34. The van der Waals surface area contributed by atoms with E-state index < -0.39 is 0 Å². The van der Waals surface area contributed by atoms with Gasteiger partial charge in [0.2, 0.25) is 5.88 Å². The molecule has 0 saturated carbocycles. The summed E-state index contributed by atoms with van der Waals surface area (Å²) in [6.45, 7) is 4.01. The van der Waals surface area contributed by atoms with Gasteiger partial charge < -0.3 is 14.8 Å². The number of rotatable bonds is 5. The Hall–Kier alpha value is -2.93. The van der Waals surface area contributed by atoms with Crippen LogP contribution in [0.1, 0.15) is 22.5 Å². The fourth-order valence-corrected chi connectivity index (χ4v) is 3.23. The fraction of sp³-hybridized carbons (Fsp3) is 0.350. The average Bonchev–Trinajstić information content (AvgIpc) is 3.28. The number of hydrogen-bond donors (Lipinski definition) is 1. The number of hydrogen-bond acceptors (Lipinski definition) is 5. The van der Waals surface area contributed by atoms with Crippen molar-refractivity contribution in [2.45, 2.75) is 13.3 Å². The monoisotopic (exact) mass is 366 g/mol. The lowest BCUT2D eigenvalue weighted by Gasteiger charge is -2.08. The first-order valence-electron chi connectivity index (χ1n) is 9.02. The molecule has 4 rings (SSSR count). The number of benzene rings is 1. The molecule has 7 nitrogen and oxygen atoms in total. The van der Waals surface area contributed by atoms with Gasteiger partial charge in [-0.05, 0) is 43.2 Å². The summed E-state index contributed by atoms with van der Waals surface area (Å²) in [5, 5.41) is 8.30. The van der Waals surface area contributed by atoms with Gasteiger partial charge in [0.1, 0.15) is 5.69 Å². The number of aromatic nitrogens is 3. The summed E-state index contributed by atoms with van der Waals surface area (Å²) >= 11 is 0. The van der Waals surface area contributed by atoms with Gasteiger partial charge in [0.05, 0.1) is 24.1 Å². The van der Waals surface area contributed by atoms with Gasteiger partial charge >= 0.3 is 0 Å². The number of carbonyl (C=O) groups is 1. The van der Waals surface area contributed by atoms with Crippen molar-refractivity contribution in [1.29, 1.82) is 0 Å². The first-order valence-corrected chi connectivity index (χ1v) is 9.02. The van der Waals surface area contributed by atoms with Crippen molar-refractivity contribution in [3.63, 3.8) is 0 Å². The molecule has 1 saturated heterocycles. The summed E-state index contributed by atoms with van der Waals surface area (Å²) in [4.78, 5) is 16.6. The minimum Gasteiger partial charge on any atom is -0.476 e. The van der Waals surface area contributed by atoms with Crippen molar-refractivity contribution < 1.29 is 14.3 Å². The highest BCUT2D eigenvalue weighted by Gasteiger charge is 2.18. The first kappa shape index (κ1) is 17.5. The lowest BCUT2D eigenvalue weighted by Crippen LogP contribution is -2.15. The maximum absolute atomic E-state index is 12.5. The zero-order valence-electron chi connectivity index (χ0n) is 15.4. The van der Waals surface area contributed by atoms with Gasteiger partial charge in [0, 0.05) is 31.5 Å². The molecule has 0 bridgehead atoms. The van der Waals surface area contributed by atoms with Crippen LogP contribution in [-0.4, -0.2) is 40.5 Å². The van der Waals surface area contributed by atoms with E-state index in [0.29, 0.717) is 29.8 Å². The lowest BCUT2D eigenvalue weighted by molar-refractivity contribution is 0.102. The predicted octanol–water partition coefficient (Wildman–Crippen LogP) is 2.94. The van der Waals surface area contributed by atoms with E-state index in [1.54, 1.807) is 10.9 Å². The van der Waals surface area contributed by atoms with Gasteiger partial charge in [-0.25, -0.2) is 0 Å². The average molecular weight is 366 g/mol. The maximum atomic E-state index is 12.5. The number of fused-ring (bicyclic) bond motifs is 1. The molecule has 0 unspecified atom stereocenters. The van der Waals surface area contributed by atoms with Crippen molar-refractivity contribution in [2.24, 2.45) is 13.0 Å². The van der Waals surface area contributed by atoms with Gasteiger partial charge in [0.15, 0.2) is 0 Å². The molecule has 0 aliphatic carbocycles. The third-order valence-electron chi connectivity index (χ3n) is 4.78. The topological polar surface area (TPSA) is 78.3 Å².